The lowest BCUT2D eigenvalue weighted by molar-refractivity contribution is -0.133. The molecule has 0 bridgehead atoms. The van der Waals surface area contributed by atoms with Gasteiger partial charge < -0.3 is 20.5 Å². The Bertz CT molecular complexity index is 501. The summed E-state index contributed by atoms with van der Waals surface area (Å²) in [6.45, 7) is 3.03. The molecule has 1 aliphatic heterocycles. The Kier molecular flexibility index (Phi) is 3.71. The fourth-order valence-electron chi connectivity index (χ4n) is 1.82. The van der Waals surface area contributed by atoms with Crippen molar-refractivity contribution >= 4 is 17.5 Å². The van der Waals surface area contributed by atoms with Gasteiger partial charge in [0.05, 0.1) is 5.69 Å². The van der Waals surface area contributed by atoms with E-state index in [1.54, 1.807) is 31.2 Å². The number of amides is 2. The first-order chi connectivity index (χ1) is 8.99. The molecule has 1 aromatic carbocycles. The molecular weight excluding hydrogens is 248 g/mol. The number of aliphatic hydroxyl groups is 1. The number of fused-ring (bicyclic) bond motifs is 1. The van der Waals surface area contributed by atoms with Crippen LogP contribution in [0.25, 0.3) is 0 Å². The number of anilines is 1. The first kappa shape index (κ1) is 13.4. The molecule has 0 radical (unpaired) electrons. The first-order valence-electron chi connectivity index (χ1n) is 6.04. The molecule has 1 aromatic rings. The first-order valence-corrected chi connectivity index (χ1v) is 6.04. The third-order valence-electron chi connectivity index (χ3n) is 2.89. The molecule has 2 rings (SSSR count). The second-order valence-electron chi connectivity index (χ2n) is 4.47. The normalized spacial score (nSPS) is 23.4. The van der Waals surface area contributed by atoms with Crippen LogP contribution in [0.5, 0.6) is 5.75 Å². The van der Waals surface area contributed by atoms with Crippen molar-refractivity contribution in [2.24, 2.45) is 0 Å². The molecule has 0 aromatic heterocycles. The number of rotatable bonds is 2. The highest BCUT2D eigenvalue weighted by molar-refractivity contribution is 5.99. The zero-order valence-electron chi connectivity index (χ0n) is 10.7. The van der Waals surface area contributed by atoms with E-state index in [-0.39, 0.29) is 5.91 Å². The molecule has 6 nitrogen and oxygen atoms in total. The average molecular weight is 264 g/mol. The van der Waals surface area contributed by atoms with Crippen LogP contribution in [0.2, 0.25) is 0 Å². The van der Waals surface area contributed by atoms with E-state index in [1.807, 2.05) is 0 Å². The zero-order valence-corrected chi connectivity index (χ0v) is 10.7. The standard InChI is InChI=1S/C13H16N2O4/c1-7(16)12(17)15-11-8(2)19-10-6-4-3-5-9(10)14-13(11)18/h3-8,11,16H,1-2H3,(H,14,18)(H,15,17)/t7?,8-,11+/m1/s1. The summed E-state index contributed by atoms with van der Waals surface area (Å²) in [5.41, 5.74) is 0.563. The molecule has 1 unspecified atom stereocenters. The van der Waals surface area contributed by atoms with Crippen molar-refractivity contribution < 1.29 is 19.4 Å². The lowest BCUT2D eigenvalue weighted by Crippen LogP contribution is -2.52. The number of nitrogens with one attached hydrogen (secondary N) is 2. The summed E-state index contributed by atoms with van der Waals surface area (Å²) in [5, 5.41) is 14.3. The van der Waals surface area contributed by atoms with Crippen LogP contribution in [0.1, 0.15) is 13.8 Å². The minimum Gasteiger partial charge on any atom is -0.486 e. The molecule has 3 N–H and O–H groups in total. The Morgan fingerprint density at radius 1 is 1.47 bits per heavy atom. The summed E-state index contributed by atoms with van der Waals surface area (Å²) >= 11 is 0. The van der Waals surface area contributed by atoms with Crippen LogP contribution in [-0.2, 0) is 9.59 Å². The zero-order chi connectivity index (χ0) is 14.0. The highest BCUT2D eigenvalue weighted by Crippen LogP contribution is 2.28. The molecule has 3 atom stereocenters. The fourth-order valence-corrected chi connectivity index (χ4v) is 1.82. The maximum absolute atomic E-state index is 12.1. The largest absolute Gasteiger partial charge is 0.486 e. The van der Waals surface area contributed by atoms with Crippen molar-refractivity contribution in [1.29, 1.82) is 0 Å². The molecule has 0 spiro atoms. The molecule has 6 heteroatoms. The minimum atomic E-state index is -1.18. The van der Waals surface area contributed by atoms with E-state index in [0.717, 1.165) is 0 Å². The second-order valence-corrected chi connectivity index (χ2v) is 4.47. The van der Waals surface area contributed by atoms with E-state index >= 15 is 0 Å². The van der Waals surface area contributed by atoms with Gasteiger partial charge in [-0.15, -0.1) is 0 Å². The van der Waals surface area contributed by atoms with Crippen molar-refractivity contribution in [3.63, 3.8) is 0 Å². The van der Waals surface area contributed by atoms with Crippen LogP contribution in [0.4, 0.5) is 5.69 Å². The third-order valence-corrected chi connectivity index (χ3v) is 2.89. The Hall–Kier alpha value is -2.08. The number of carbonyl (C=O) groups excluding carboxylic acids is 2. The molecule has 0 fully saturated rings. The van der Waals surface area contributed by atoms with E-state index in [9.17, 15) is 14.7 Å². The summed E-state index contributed by atoms with van der Waals surface area (Å²) in [4.78, 5) is 23.5. The van der Waals surface area contributed by atoms with Crippen LogP contribution in [0, 0.1) is 0 Å². The summed E-state index contributed by atoms with van der Waals surface area (Å²) in [7, 11) is 0. The van der Waals surface area contributed by atoms with Crippen molar-refractivity contribution in [3.05, 3.63) is 24.3 Å². The van der Waals surface area contributed by atoms with Gasteiger partial charge >= 0.3 is 0 Å². The highest BCUT2D eigenvalue weighted by atomic mass is 16.5. The van der Waals surface area contributed by atoms with Gasteiger partial charge in [0, 0.05) is 0 Å². The number of para-hydroxylation sites is 2. The molecule has 2 amide bonds. The molecule has 1 aliphatic rings. The van der Waals surface area contributed by atoms with Crippen molar-refractivity contribution in [2.75, 3.05) is 5.32 Å². The van der Waals surface area contributed by atoms with Crippen molar-refractivity contribution in [1.82, 2.24) is 5.32 Å². The SMILES string of the molecule is CC(O)C(=O)N[C@@H]1C(=O)Nc2ccccc2O[C@@H]1C. The molecule has 1 heterocycles. The topological polar surface area (TPSA) is 87.7 Å². The van der Waals surface area contributed by atoms with Crippen LogP contribution in [0.15, 0.2) is 24.3 Å². The summed E-state index contributed by atoms with van der Waals surface area (Å²) in [5.74, 6) is -0.426. The summed E-state index contributed by atoms with van der Waals surface area (Å²) in [6, 6.07) is 6.19. The maximum atomic E-state index is 12.1. The Morgan fingerprint density at radius 3 is 2.84 bits per heavy atom. The van der Waals surface area contributed by atoms with Gasteiger partial charge in [0.2, 0.25) is 5.91 Å². The number of hydrogen-bond donors (Lipinski definition) is 3. The number of ether oxygens (including phenoxy) is 1. The van der Waals surface area contributed by atoms with Crippen LogP contribution in [0.3, 0.4) is 0 Å². The molecule has 19 heavy (non-hydrogen) atoms. The monoisotopic (exact) mass is 264 g/mol. The predicted molar refractivity (Wildman–Crippen MR) is 68.8 cm³/mol. The Balaban J connectivity index is 2.20. The van der Waals surface area contributed by atoms with Gasteiger partial charge in [-0.05, 0) is 26.0 Å². The van der Waals surface area contributed by atoms with Gasteiger partial charge in [-0.3, -0.25) is 9.59 Å². The molecule has 102 valence electrons. The number of aliphatic hydroxyl groups excluding tert-OH is 1. The second kappa shape index (κ2) is 5.27. The van der Waals surface area contributed by atoms with Crippen molar-refractivity contribution in [3.8, 4) is 5.75 Å². The van der Waals surface area contributed by atoms with Gasteiger partial charge in [0.1, 0.15) is 24.0 Å². The van der Waals surface area contributed by atoms with Crippen LogP contribution < -0.4 is 15.4 Å². The smallest absolute Gasteiger partial charge is 0.250 e. The number of carbonyl (C=O) groups is 2. The maximum Gasteiger partial charge on any atom is 0.250 e. The highest BCUT2D eigenvalue weighted by Gasteiger charge is 2.32. The Labute approximate surface area is 110 Å². The predicted octanol–water partition coefficient (Wildman–Crippen LogP) is 0.272. The van der Waals surface area contributed by atoms with Gasteiger partial charge in [-0.2, -0.15) is 0 Å². The average Bonchev–Trinajstić information content (AvgIpc) is 2.47. The van der Waals surface area contributed by atoms with E-state index < -0.39 is 24.2 Å². The number of hydrogen-bond acceptors (Lipinski definition) is 4. The quantitative estimate of drug-likeness (QED) is 0.715. The summed E-state index contributed by atoms with van der Waals surface area (Å²) < 4.78 is 5.64. The van der Waals surface area contributed by atoms with Gasteiger partial charge in [-0.25, -0.2) is 0 Å². The van der Waals surface area contributed by atoms with Crippen LogP contribution >= 0.6 is 0 Å². The number of benzene rings is 1. The van der Waals surface area contributed by atoms with Crippen molar-refractivity contribution in [2.45, 2.75) is 32.1 Å². The third kappa shape index (κ3) is 2.85. The lowest BCUT2D eigenvalue weighted by Gasteiger charge is -2.22. The van der Waals surface area contributed by atoms with Gasteiger partial charge in [0.15, 0.2) is 0 Å². The summed E-state index contributed by atoms with van der Waals surface area (Å²) in [6.07, 6.45) is -1.71. The van der Waals surface area contributed by atoms with E-state index in [4.69, 9.17) is 4.74 Å². The van der Waals surface area contributed by atoms with Gasteiger partial charge in [-0.1, -0.05) is 12.1 Å². The van der Waals surface area contributed by atoms with Crippen LogP contribution in [-0.4, -0.2) is 35.2 Å². The fraction of sp³-hybridized carbons (Fsp3) is 0.385. The van der Waals surface area contributed by atoms with E-state index in [1.165, 1.54) is 6.92 Å². The van der Waals surface area contributed by atoms with E-state index in [0.29, 0.717) is 11.4 Å². The lowest BCUT2D eigenvalue weighted by atomic mass is 10.1. The Morgan fingerprint density at radius 2 is 2.16 bits per heavy atom. The molecule has 0 saturated heterocycles. The van der Waals surface area contributed by atoms with Gasteiger partial charge in [0.25, 0.3) is 5.91 Å². The van der Waals surface area contributed by atoms with E-state index in [2.05, 4.69) is 10.6 Å². The molecule has 0 saturated carbocycles. The molecule has 0 aliphatic carbocycles. The molecular formula is C13H16N2O4. The minimum absolute atomic E-state index is 0.369.